The lowest BCUT2D eigenvalue weighted by molar-refractivity contribution is 0.133. The zero-order chi connectivity index (χ0) is 13.8. The number of likely N-dealkylation sites (N-methyl/N-ethyl adjacent to an activating group) is 1. The number of hydrogen-bond acceptors (Lipinski definition) is 3. The smallest absolute Gasteiger partial charge is 0.0110 e. The van der Waals surface area contributed by atoms with Gasteiger partial charge in [-0.3, -0.25) is 4.90 Å². The van der Waals surface area contributed by atoms with Gasteiger partial charge in [0.1, 0.15) is 0 Å². The second-order valence-corrected chi connectivity index (χ2v) is 7.41. The van der Waals surface area contributed by atoms with E-state index in [0.717, 1.165) is 17.9 Å². The molecule has 3 atom stereocenters. The maximum Gasteiger partial charge on any atom is 0.0110 e. The molecule has 0 amide bonds. The second-order valence-electron chi connectivity index (χ2n) is 7.41. The summed E-state index contributed by atoms with van der Waals surface area (Å²) >= 11 is 0. The molecule has 3 unspecified atom stereocenters. The predicted molar refractivity (Wildman–Crippen MR) is 85.0 cm³/mol. The summed E-state index contributed by atoms with van der Waals surface area (Å²) in [7, 11) is 2.23. The summed E-state index contributed by atoms with van der Waals surface area (Å²) in [5.74, 6) is 2.14. The van der Waals surface area contributed by atoms with Crippen LogP contribution in [0.2, 0.25) is 0 Å². The summed E-state index contributed by atoms with van der Waals surface area (Å²) in [5, 5.41) is 3.86. The Bertz CT molecular complexity index is 286. The van der Waals surface area contributed by atoms with Gasteiger partial charge in [-0.05, 0) is 38.1 Å². The van der Waals surface area contributed by atoms with E-state index in [1.807, 2.05) is 0 Å². The van der Waals surface area contributed by atoms with E-state index in [-0.39, 0.29) is 0 Å². The molecule has 1 saturated heterocycles. The molecule has 1 heterocycles. The van der Waals surface area contributed by atoms with E-state index in [4.69, 9.17) is 0 Å². The summed E-state index contributed by atoms with van der Waals surface area (Å²) in [6, 6.07) is 0.821. The fraction of sp³-hybridized carbons (Fsp3) is 1.00. The largest absolute Gasteiger partial charge is 0.313 e. The summed E-state index contributed by atoms with van der Waals surface area (Å²) < 4.78 is 0. The van der Waals surface area contributed by atoms with Gasteiger partial charge in [-0.2, -0.15) is 0 Å². The summed E-state index contributed by atoms with van der Waals surface area (Å²) in [6.07, 6.45) is 10.4. The van der Waals surface area contributed by atoms with Crippen LogP contribution in [-0.2, 0) is 0 Å². The van der Waals surface area contributed by atoms with Gasteiger partial charge in [0.2, 0.25) is 0 Å². The minimum absolute atomic E-state index is 0.821. The molecule has 0 spiro atoms. The van der Waals surface area contributed by atoms with Crippen LogP contribution in [0.15, 0.2) is 0 Å². The van der Waals surface area contributed by atoms with Gasteiger partial charge in [0.25, 0.3) is 0 Å². The van der Waals surface area contributed by atoms with Crippen LogP contribution in [0.4, 0.5) is 0 Å². The molecule has 0 aromatic carbocycles. The number of piperazine rings is 1. The first kappa shape index (κ1) is 14.8. The molecule has 2 saturated carbocycles. The van der Waals surface area contributed by atoms with Crippen molar-refractivity contribution < 1.29 is 0 Å². The molecule has 3 heteroatoms. The Morgan fingerprint density at radius 1 is 0.900 bits per heavy atom. The Balaban J connectivity index is 1.32. The maximum atomic E-state index is 3.86. The highest BCUT2D eigenvalue weighted by Crippen LogP contribution is 2.40. The van der Waals surface area contributed by atoms with E-state index in [1.54, 1.807) is 0 Å². The van der Waals surface area contributed by atoms with Gasteiger partial charge in [0.15, 0.2) is 0 Å². The van der Waals surface area contributed by atoms with Gasteiger partial charge in [-0.25, -0.2) is 0 Å². The van der Waals surface area contributed by atoms with Crippen LogP contribution in [0.1, 0.15) is 44.9 Å². The van der Waals surface area contributed by atoms with E-state index < -0.39 is 0 Å². The molecule has 116 valence electrons. The second kappa shape index (κ2) is 7.24. The van der Waals surface area contributed by atoms with Crippen molar-refractivity contribution in [1.82, 2.24) is 15.1 Å². The lowest BCUT2D eigenvalue weighted by atomic mass is 9.69. The third-order valence-electron chi connectivity index (χ3n) is 6.00. The minimum atomic E-state index is 0.821. The van der Waals surface area contributed by atoms with Crippen molar-refractivity contribution in [3.8, 4) is 0 Å². The fourth-order valence-corrected chi connectivity index (χ4v) is 4.56. The molecule has 1 N–H and O–H groups in total. The molecular formula is C17H33N3. The van der Waals surface area contributed by atoms with Crippen molar-refractivity contribution in [1.29, 1.82) is 0 Å². The first-order valence-corrected chi connectivity index (χ1v) is 8.95. The number of hydrogen-bond donors (Lipinski definition) is 1. The maximum absolute atomic E-state index is 3.86. The average Bonchev–Trinajstić information content (AvgIpc) is 2.49. The van der Waals surface area contributed by atoms with Gasteiger partial charge >= 0.3 is 0 Å². The lowest BCUT2D eigenvalue weighted by Gasteiger charge is -2.40. The summed E-state index contributed by atoms with van der Waals surface area (Å²) in [4.78, 5) is 5.06. The first-order chi connectivity index (χ1) is 9.81. The number of fused-ring (bicyclic) bond motifs is 1. The lowest BCUT2D eigenvalue weighted by Crippen LogP contribution is -2.48. The average molecular weight is 279 g/mol. The highest BCUT2D eigenvalue weighted by atomic mass is 15.2. The van der Waals surface area contributed by atoms with Crippen molar-refractivity contribution in [2.75, 3.05) is 46.3 Å². The summed E-state index contributed by atoms with van der Waals surface area (Å²) in [6.45, 7) is 7.45. The zero-order valence-corrected chi connectivity index (χ0v) is 13.3. The standard InChI is InChI=1S/C17H33N3/c1-19-10-12-20(13-11-19)9-8-18-17-7-6-15-4-2-3-5-16(15)14-17/h15-18H,2-14H2,1H3. The van der Waals surface area contributed by atoms with Gasteiger partial charge < -0.3 is 10.2 Å². The monoisotopic (exact) mass is 279 g/mol. The molecule has 2 aliphatic carbocycles. The number of nitrogens with one attached hydrogen (secondary N) is 1. The molecule has 1 aliphatic heterocycles. The molecule has 3 fully saturated rings. The minimum Gasteiger partial charge on any atom is -0.313 e. The van der Waals surface area contributed by atoms with Crippen molar-refractivity contribution in [2.24, 2.45) is 11.8 Å². The van der Waals surface area contributed by atoms with Crippen molar-refractivity contribution in [3.63, 3.8) is 0 Å². The molecule has 0 aromatic rings. The van der Waals surface area contributed by atoms with Crippen molar-refractivity contribution >= 4 is 0 Å². The number of nitrogens with zero attached hydrogens (tertiary/aromatic N) is 2. The SMILES string of the molecule is CN1CCN(CCNC2CCC3CCCCC3C2)CC1. The highest BCUT2D eigenvalue weighted by Gasteiger charge is 2.31. The Labute approximate surface area is 125 Å². The highest BCUT2D eigenvalue weighted by molar-refractivity contribution is 4.86. The number of rotatable bonds is 4. The van der Waals surface area contributed by atoms with E-state index >= 15 is 0 Å². The van der Waals surface area contributed by atoms with Gasteiger partial charge in [-0.1, -0.05) is 25.7 Å². The van der Waals surface area contributed by atoms with Crippen LogP contribution in [0.25, 0.3) is 0 Å². The van der Waals surface area contributed by atoms with Crippen LogP contribution in [0.5, 0.6) is 0 Å². The third-order valence-corrected chi connectivity index (χ3v) is 6.00. The Morgan fingerprint density at radius 2 is 1.65 bits per heavy atom. The Morgan fingerprint density at radius 3 is 2.45 bits per heavy atom. The van der Waals surface area contributed by atoms with Crippen LogP contribution in [-0.4, -0.2) is 62.2 Å². The molecule has 3 rings (SSSR count). The normalized spacial score (nSPS) is 36.8. The summed E-state index contributed by atoms with van der Waals surface area (Å²) in [5.41, 5.74) is 0. The van der Waals surface area contributed by atoms with Gasteiger partial charge in [0, 0.05) is 45.3 Å². The molecule has 0 aromatic heterocycles. The van der Waals surface area contributed by atoms with E-state index in [0.29, 0.717) is 0 Å². The predicted octanol–water partition coefficient (Wildman–Crippen LogP) is 2.18. The van der Waals surface area contributed by atoms with Crippen molar-refractivity contribution in [2.45, 2.75) is 51.0 Å². The van der Waals surface area contributed by atoms with Crippen molar-refractivity contribution in [3.05, 3.63) is 0 Å². The van der Waals surface area contributed by atoms with Crippen LogP contribution in [0, 0.1) is 11.8 Å². The molecule has 20 heavy (non-hydrogen) atoms. The van der Waals surface area contributed by atoms with Crippen LogP contribution < -0.4 is 5.32 Å². The molecule has 3 nitrogen and oxygen atoms in total. The fourth-order valence-electron chi connectivity index (χ4n) is 4.56. The van der Waals surface area contributed by atoms with Gasteiger partial charge in [-0.15, -0.1) is 0 Å². The van der Waals surface area contributed by atoms with E-state index in [1.165, 1.54) is 84.2 Å². The van der Waals surface area contributed by atoms with Gasteiger partial charge in [0.05, 0.1) is 0 Å². The van der Waals surface area contributed by atoms with Crippen LogP contribution >= 0.6 is 0 Å². The molecule has 0 radical (unpaired) electrons. The third kappa shape index (κ3) is 3.96. The Hall–Kier alpha value is -0.120. The van der Waals surface area contributed by atoms with E-state index in [9.17, 15) is 0 Å². The first-order valence-electron chi connectivity index (χ1n) is 8.95. The van der Waals surface area contributed by atoms with Crippen LogP contribution in [0.3, 0.4) is 0 Å². The molecule has 0 bridgehead atoms. The zero-order valence-electron chi connectivity index (χ0n) is 13.3. The quantitative estimate of drug-likeness (QED) is 0.851. The van der Waals surface area contributed by atoms with E-state index in [2.05, 4.69) is 22.2 Å². The molecular weight excluding hydrogens is 246 g/mol. The molecule has 3 aliphatic rings. The Kier molecular flexibility index (Phi) is 5.36. The topological polar surface area (TPSA) is 18.5 Å².